The zero-order valence-electron chi connectivity index (χ0n) is 6.38. The summed E-state index contributed by atoms with van der Waals surface area (Å²) in [6.45, 7) is 0.425. The molecular formula is C9H12NO. The van der Waals surface area contributed by atoms with Gasteiger partial charge in [-0.2, -0.15) is 0 Å². The van der Waals surface area contributed by atoms with Crippen LogP contribution in [-0.4, -0.2) is 11.7 Å². The van der Waals surface area contributed by atoms with Crippen LogP contribution in [0.5, 0.6) is 5.75 Å². The van der Waals surface area contributed by atoms with Gasteiger partial charge in [-0.05, 0) is 24.5 Å². The first kappa shape index (κ1) is 8.08. The van der Waals surface area contributed by atoms with Crippen molar-refractivity contribution in [3.05, 3.63) is 29.8 Å². The van der Waals surface area contributed by atoms with Gasteiger partial charge in [0.2, 0.25) is 0 Å². The van der Waals surface area contributed by atoms with Crippen LogP contribution in [0.2, 0.25) is 0 Å². The highest BCUT2D eigenvalue weighted by molar-refractivity contribution is 5.31. The molecule has 0 aliphatic rings. The molecule has 0 aliphatic heterocycles. The van der Waals surface area contributed by atoms with E-state index in [1.165, 1.54) is 0 Å². The van der Waals surface area contributed by atoms with Crippen LogP contribution < -0.4 is 5.73 Å². The smallest absolute Gasteiger partial charge is 0.118 e. The first-order valence-electron chi connectivity index (χ1n) is 3.76. The van der Waals surface area contributed by atoms with Crippen LogP contribution in [0.25, 0.3) is 0 Å². The molecule has 0 saturated carbocycles. The summed E-state index contributed by atoms with van der Waals surface area (Å²) in [5.41, 5.74) is 7.89. The number of rotatable bonds is 3. The number of nitrogens with one attached hydrogen (secondary N) is 1. The largest absolute Gasteiger partial charge is 0.508 e. The fraction of sp³-hybridized carbons (Fsp3) is 0.333. The Labute approximate surface area is 66.7 Å². The lowest BCUT2D eigenvalue weighted by Gasteiger charge is -2.01. The zero-order chi connectivity index (χ0) is 8.10. The van der Waals surface area contributed by atoms with Crippen molar-refractivity contribution in [1.82, 2.24) is 5.73 Å². The normalized spacial score (nSPS) is 9.91. The summed E-state index contributed by atoms with van der Waals surface area (Å²) in [6, 6.07) is 7.28. The Balaban J connectivity index is 2.62. The molecule has 0 heterocycles. The number of benzene rings is 1. The summed E-state index contributed by atoms with van der Waals surface area (Å²) in [6.07, 6.45) is 1.62. The molecule has 1 rings (SSSR count). The third-order valence-corrected chi connectivity index (χ3v) is 1.61. The SMILES string of the molecule is [NH]CCCc1ccccc1O. The monoisotopic (exact) mass is 150 g/mol. The topological polar surface area (TPSA) is 44.0 Å². The van der Waals surface area contributed by atoms with Crippen molar-refractivity contribution in [3.8, 4) is 5.75 Å². The van der Waals surface area contributed by atoms with Gasteiger partial charge in [-0.1, -0.05) is 18.2 Å². The quantitative estimate of drug-likeness (QED) is 0.698. The molecule has 0 atom stereocenters. The van der Waals surface area contributed by atoms with Gasteiger partial charge >= 0.3 is 0 Å². The van der Waals surface area contributed by atoms with E-state index in [0.29, 0.717) is 12.3 Å². The predicted molar refractivity (Wildman–Crippen MR) is 44.4 cm³/mol. The van der Waals surface area contributed by atoms with Crippen LogP contribution in [0.1, 0.15) is 12.0 Å². The van der Waals surface area contributed by atoms with Gasteiger partial charge in [0.05, 0.1) is 0 Å². The van der Waals surface area contributed by atoms with E-state index < -0.39 is 0 Å². The highest BCUT2D eigenvalue weighted by Crippen LogP contribution is 2.16. The summed E-state index contributed by atoms with van der Waals surface area (Å²) in [7, 11) is 0. The van der Waals surface area contributed by atoms with E-state index in [2.05, 4.69) is 0 Å². The summed E-state index contributed by atoms with van der Waals surface area (Å²) in [5, 5.41) is 9.28. The molecule has 0 aliphatic carbocycles. The van der Waals surface area contributed by atoms with E-state index in [1.54, 1.807) is 12.1 Å². The van der Waals surface area contributed by atoms with Crippen LogP contribution in [0.3, 0.4) is 0 Å². The van der Waals surface area contributed by atoms with Crippen molar-refractivity contribution < 1.29 is 5.11 Å². The minimum atomic E-state index is 0.348. The highest BCUT2D eigenvalue weighted by atomic mass is 16.3. The maximum absolute atomic E-state index is 9.28. The molecule has 2 nitrogen and oxygen atoms in total. The van der Waals surface area contributed by atoms with E-state index in [-0.39, 0.29) is 0 Å². The first-order chi connectivity index (χ1) is 5.34. The van der Waals surface area contributed by atoms with Crippen molar-refractivity contribution in [2.75, 3.05) is 6.54 Å². The van der Waals surface area contributed by atoms with Gasteiger partial charge in [-0.25, -0.2) is 0 Å². The molecular weight excluding hydrogens is 138 g/mol. The molecule has 0 spiro atoms. The number of hydrogen-bond donors (Lipinski definition) is 1. The second-order valence-corrected chi connectivity index (χ2v) is 2.48. The van der Waals surface area contributed by atoms with E-state index in [0.717, 1.165) is 18.4 Å². The first-order valence-corrected chi connectivity index (χ1v) is 3.76. The number of phenolic OH excluding ortho intramolecular Hbond substituents is 1. The maximum Gasteiger partial charge on any atom is 0.118 e. The zero-order valence-corrected chi connectivity index (χ0v) is 6.38. The second-order valence-electron chi connectivity index (χ2n) is 2.48. The van der Waals surface area contributed by atoms with Crippen LogP contribution in [0.15, 0.2) is 24.3 Å². The Morgan fingerprint density at radius 1 is 1.27 bits per heavy atom. The fourth-order valence-electron chi connectivity index (χ4n) is 1.00. The summed E-state index contributed by atoms with van der Waals surface area (Å²) < 4.78 is 0. The van der Waals surface area contributed by atoms with Gasteiger partial charge in [0.1, 0.15) is 5.75 Å². The molecule has 2 N–H and O–H groups in total. The third-order valence-electron chi connectivity index (χ3n) is 1.61. The molecule has 0 bridgehead atoms. The molecule has 1 aromatic rings. The van der Waals surface area contributed by atoms with Gasteiger partial charge in [0, 0.05) is 6.54 Å². The number of aromatic hydroxyl groups is 1. The van der Waals surface area contributed by atoms with Crippen molar-refractivity contribution in [2.45, 2.75) is 12.8 Å². The Hall–Kier alpha value is -1.02. The Kier molecular flexibility index (Phi) is 2.93. The van der Waals surface area contributed by atoms with E-state index in [4.69, 9.17) is 5.73 Å². The Morgan fingerprint density at radius 3 is 2.64 bits per heavy atom. The van der Waals surface area contributed by atoms with Gasteiger partial charge in [0.25, 0.3) is 0 Å². The minimum absolute atomic E-state index is 0.348. The molecule has 0 saturated heterocycles. The van der Waals surface area contributed by atoms with Crippen molar-refractivity contribution in [2.24, 2.45) is 0 Å². The summed E-state index contributed by atoms with van der Waals surface area (Å²) in [5.74, 6) is 0.348. The van der Waals surface area contributed by atoms with Gasteiger partial charge in [-0.3, -0.25) is 5.73 Å². The van der Waals surface area contributed by atoms with Crippen molar-refractivity contribution in [3.63, 3.8) is 0 Å². The number of para-hydroxylation sites is 1. The third kappa shape index (κ3) is 2.24. The molecule has 0 fully saturated rings. The van der Waals surface area contributed by atoms with E-state index in [9.17, 15) is 5.11 Å². The number of aryl methyl sites for hydroxylation is 1. The summed E-state index contributed by atoms with van der Waals surface area (Å²) in [4.78, 5) is 0. The molecule has 0 aromatic heterocycles. The van der Waals surface area contributed by atoms with Crippen LogP contribution in [-0.2, 0) is 6.42 Å². The number of phenols is 1. The fourth-order valence-corrected chi connectivity index (χ4v) is 1.00. The summed E-state index contributed by atoms with van der Waals surface area (Å²) >= 11 is 0. The molecule has 11 heavy (non-hydrogen) atoms. The van der Waals surface area contributed by atoms with Crippen LogP contribution >= 0.6 is 0 Å². The second kappa shape index (κ2) is 3.98. The van der Waals surface area contributed by atoms with Gasteiger partial charge < -0.3 is 5.11 Å². The molecule has 1 aromatic carbocycles. The molecule has 59 valence electrons. The predicted octanol–water partition coefficient (Wildman–Crippen LogP) is 1.61. The van der Waals surface area contributed by atoms with Gasteiger partial charge in [0.15, 0.2) is 0 Å². The lowest BCUT2D eigenvalue weighted by Crippen LogP contribution is -1.90. The lowest BCUT2D eigenvalue weighted by molar-refractivity contribution is 0.467. The molecule has 0 amide bonds. The Bertz CT molecular complexity index is 223. The standard InChI is InChI=1S/C9H12NO/c10-7-3-5-8-4-1-2-6-9(8)11/h1-2,4,6,10-11H,3,5,7H2. The molecule has 2 heteroatoms. The van der Waals surface area contributed by atoms with Crippen LogP contribution in [0, 0.1) is 0 Å². The van der Waals surface area contributed by atoms with Crippen molar-refractivity contribution in [1.29, 1.82) is 0 Å². The average Bonchev–Trinajstić information content (AvgIpc) is 2.03. The number of hydrogen-bond acceptors (Lipinski definition) is 1. The van der Waals surface area contributed by atoms with Crippen LogP contribution in [0.4, 0.5) is 0 Å². The minimum Gasteiger partial charge on any atom is -0.508 e. The maximum atomic E-state index is 9.28. The Morgan fingerprint density at radius 2 is 2.00 bits per heavy atom. The average molecular weight is 150 g/mol. The van der Waals surface area contributed by atoms with Crippen molar-refractivity contribution >= 4 is 0 Å². The van der Waals surface area contributed by atoms with Gasteiger partial charge in [-0.15, -0.1) is 0 Å². The highest BCUT2D eigenvalue weighted by Gasteiger charge is 1.96. The molecule has 0 unspecified atom stereocenters. The lowest BCUT2D eigenvalue weighted by atomic mass is 10.1. The van der Waals surface area contributed by atoms with E-state index >= 15 is 0 Å². The van der Waals surface area contributed by atoms with E-state index in [1.807, 2.05) is 12.1 Å². The molecule has 1 radical (unpaired) electrons.